The number of fused-ring (bicyclic) bond motifs is 1. The van der Waals surface area contributed by atoms with Crippen LogP contribution < -0.4 is 4.90 Å². The van der Waals surface area contributed by atoms with Crippen molar-refractivity contribution in [2.24, 2.45) is 5.92 Å². The van der Waals surface area contributed by atoms with Crippen LogP contribution in [-0.4, -0.2) is 53.4 Å². The first kappa shape index (κ1) is 16.7. The summed E-state index contributed by atoms with van der Waals surface area (Å²) in [5.41, 5.74) is 0.765. The smallest absolute Gasteiger partial charge is 0.250 e. The van der Waals surface area contributed by atoms with Gasteiger partial charge in [0.1, 0.15) is 17.8 Å². The number of aromatic nitrogens is 3. The molecule has 9 heteroatoms. The molecule has 1 N–H and O–H groups in total. The molecule has 0 bridgehead atoms. The van der Waals surface area contributed by atoms with E-state index in [1.54, 1.807) is 6.20 Å². The second kappa shape index (κ2) is 5.62. The lowest BCUT2D eigenvalue weighted by Gasteiger charge is -2.43. The highest BCUT2D eigenvalue weighted by Gasteiger charge is 2.52. The Balaban J connectivity index is 1.37. The van der Waals surface area contributed by atoms with Crippen LogP contribution in [0.4, 0.5) is 14.6 Å². The SMILES string of the molecule is CN(c1ncnc2[nH]ccc12)[C@H]1C[C@@H](CS(=O)(=O)C2CC(F)(F)C2)C1. The molecule has 0 spiro atoms. The first-order valence-corrected chi connectivity index (χ1v) is 10.1. The highest BCUT2D eigenvalue weighted by Crippen LogP contribution is 2.43. The van der Waals surface area contributed by atoms with Crippen LogP contribution in [0, 0.1) is 5.92 Å². The Kier molecular flexibility index (Phi) is 3.75. The summed E-state index contributed by atoms with van der Waals surface area (Å²) in [5, 5.41) is 0.0680. The van der Waals surface area contributed by atoms with Crippen molar-refractivity contribution < 1.29 is 17.2 Å². The molecule has 0 atom stereocenters. The predicted molar refractivity (Wildman–Crippen MR) is 90.6 cm³/mol. The fraction of sp³-hybridized carbons (Fsp3) is 0.625. The lowest BCUT2D eigenvalue weighted by Crippen LogP contribution is -2.49. The number of nitrogens with one attached hydrogen (secondary N) is 1. The van der Waals surface area contributed by atoms with Crippen LogP contribution >= 0.6 is 0 Å². The summed E-state index contributed by atoms with van der Waals surface area (Å²) < 4.78 is 50.3. The van der Waals surface area contributed by atoms with Gasteiger partial charge in [-0.3, -0.25) is 0 Å². The number of hydrogen-bond acceptors (Lipinski definition) is 5. The maximum Gasteiger partial charge on any atom is 0.250 e. The normalized spacial score (nSPS) is 26.2. The second-order valence-electron chi connectivity index (χ2n) is 7.26. The zero-order valence-corrected chi connectivity index (χ0v) is 14.6. The molecule has 2 fully saturated rings. The number of anilines is 1. The Labute approximate surface area is 144 Å². The van der Waals surface area contributed by atoms with E-state index in [0.717, 1.165) is 29.7 Å². The molecule has 0 aromatic carbocycles. The van der Waals surface area contributed by atoms with Crippen molar-refractivity contribution in [3.63, 3.8) is 0 Å². The maximum atomic E-state index is 12.9. The van der Waals surface area contributed by atoms with Gasteiger partial charge in [-0.2, -0.15) is 0 Å². The van der Waals surface area contributed by atoms with Crippen molar-refractivity contribution in [3.05, 3.63) is 18.6 Å². The van der Waals surface area contributed by atoms with Crippen LogP contribution in [0.2, 0.25) is 0 Å². The predicted octanol–water partition coefficient (Wildman–Crippen LogP) is 2.39. The molecule has 0 saturated heterocycles. The number of hydrogen-bond donors (Lipinski definition) is 1. The van der Waals surface area contributed by atoms with Gasteiger partial charge in [0.25, 0.3) is 5.92 Å². The fourth-order valence-corrected chi connectivity index (χ4v) is 5.99. The molecule has 2 saturated carbocycles. The quantitative estimate of drug-likeness (QED) is 0.874. The van der Waals surface area contributed by atoms with Gasteiger partial charge in [0.15, 0.2) is 9.84 Å². The summed E-state index contributed by atoms with van der Waals surface area (Å²) >= 11 is 0. The Morgan fingerprint density at radius 3 is 2.72 bits per heavy atom. The van der Waals surface area contributed by atoms with Gasteiger partial charge >= 0.3 is 0 Å². The molecule has 2 aromatic heterocycles. The summed E-state index contributed by atoms with van der Waals surface area (Å²) in [6.07, 6.45) is 3.74. The molecular weight excluding hydrogens is 350 g/mol. The van der Waals surface area contributed by atoms with Crippen molar-refractivity contribution in [2.75, 3.05) is 17.7 Å². The third-order valence-corrected chi connectivity index (χ3v) is 7.74. The van der Waals surface area contributed by atoms with E-state index in [0.29, 0.717) is 0 Å². The zero-order valence-electron chi connectivity index (χ0n) is 13.8. The number of alkyl halides is 2. The van der Waals surface area contributed by atoms with E-state index in [-0.39, 0.29) is 17.7 Å². The number of aromatic amines is 1. The molecule has 4 rings (SSSR count). The fourth-order valence-electron chi connectivity index (χ4n) is 3.79. The maximum absolute atomic E-state index is 12.9. The summed E-state index contributed by atoms with van der Waals surface area (Å²) in [6.45, 7) is 0. The standard InChI is InChI=1S/C16H20F2N4O2S/c1-22(15-13-2-3-19-14(13)20-9-21-15)11-4-10(5-11)8-25(23,24)12-6-16(17,18)7-12/h2-3,9-12H,4-8H2,1H3,(H,19,20,21)/t10-,11+. The van der Waals surface area contributed by atoms with Crippen molar-refractivity contribution in [3.8, 4) is 0 Å². The molecule has 2 aliphatic carbocycles. The van der Waals surface area contributed by atoms with Gasteiger partial charge in [-0.25, -0.2) is 27.2 Å². The van der Waals surface area contributed by atoms with Crippen LogP contribution in [0.5, 0.6) is 0 Å². The topological polar surface area (TPSA) is 79.0 Å². The average Bonchev–Trinajstić information content (AvgIpc) is 2.95. The highest BCUT2D eigenvalue weighted by atomic mass is 32.2. The second-order valence-corrected chi connectivity index (χ2v) is 9.58. The van der Waals surface area contributed by atoms with Crippen LogP contribution in [0.25, 0.3) is 11.0 Å². The summed E-state index contributed by atoms with van der Waals surface area (Å²) in [6, 6.07) is 2.12. The minimum Gasteiger partial charge on any atom is -0.356 e. The van der Waals surface area contributed by atoms with Gasteiger partial charge < -0.3 is 9.88 Å². The zero-order chi connectivity index (χ0) is 17.8. The molecule has 2 aliphatic rings. The Morgan fingerprint density at radius 1 is 1.32 bits per heavy atom. The Hall–Kier alpha value is -1.77. The van der Waals surface area contributed by atoms with Gasteiger partial charge in [0.2, 0.25) is 0 Å². The van der Waals surface area contributed by atoms with Crippen LogP contribution in [-0.2, 0) is 9.84 Å². The molecular formula is C16H20F2N4O2S. The molecule has 25 heavy (non-hydrogen) atoms. The minimum absolute atomic E-state index is 0.0153. The van der Waals surface area contributed by atoms with Gasteiger partial charge in [0, 0.05) is 32.1 Å². The third-order valence-electron chi connectivity index (χ3n) is 5.45. The van der Waals surface area contributed by atoms with Crippen LogP contribution in [0.1, 0.15) is 25.7 Å². The van der Waals surface area contributed by atoms with E-state index < -0.39 is 33.9 Å². The van der Waals surface area contributed by atoms with Gasteiger partial charge in [-0.05, 0) is 24.8 Å². The van der Waals surface area contributed by atoms with Crippen LogP contribution in [0.3, 0.4) is 0 Å². The molecule has 136 valence electrons. The van der Waals surface area contributed by atoms with Gasteiger partial charge in [0.05, 0.1) is 16.4 Å². The monoisotopic (exact) mass is 370 g/mol. The van der Waals surface area contributed by atoms with Crippen molar-refractivity contribution in [2.45, 2.75) is 42.9 Å². The number of H-pyrrole nitrogens is 1. The number of halogens is 2. The van der Waals surface area contributed by atoms with E-state index in [9.17, 15) is 17.2 Å². The molecule has 0 aliphatic heterocycles. The molecule has 2 aromatic rings. The van der Waals surface area contributed by atoms with Crippen molar-refractivity contribution in [1.82, 2.24) is 15.0 Å². The number of nitrogens with zero attached hydrogens (tertiary/aromatic N) is 3. The lowest BCUT2D eigenvalue weighted by molar-refractivity contribution is -0.0686. The van der Waals surface area contributed by atoms with Gasteiger partial charge in [-0.15, -0.1) is 0 Å². The summed E-state index contributed by atoms with van der Waals surface area (Å²) in [4.78, 5) is 13.6. The molecule has 0 unspecified atom stereocenters. The van der Waals surface area contributed by atoms with E-state index in [1.165, 1.54) is 6.33 Å². The Bertz CT molecular complexity index is 884. The van der Waals surface area contributed by atoms with Crippen molar-refractivity contribution in [1.29, 1.82) is 0 Å². The van der Waals surface area contributed by atoms with Crippen LogP contribution in [0.15, 0.2) is 18.6 Å². The van der Waals surface area contributed by atoms with Crippen molar-refractivity contribution >= 4 is 26.7 Å². The number of rotatable bonds is 5. The van der Waals surface area contributed by atoms with Gasteiger partial charge in [-0.1, -0.05) is 0 Å². The third kappa shape index (κ3) is 2.98. The molecule has 2 heterocycles. The molecule has 0 radical (unpaired) electrons. The first-order valence-electron chi connectivity index (χ1n) is 8.35. The molecule has 6 nitrogen and oxygen atoms in total. The number of sulfone groups is 1. The first-order chi connectivity index (χ1) is 11.8. The largest absolute Gasteiger partial charge is 0.356 e. The summed E-state index contributed by atoms with van der Waals surface area (Å²) in [5.74, 6) is -1.93. The summed E-state index contributed by atoms with van der Waals surface area (Å²) in [7, 11) is -1.48. The molecule has 0 amide bonds. The van der Waals surface area contributed by atoms with E-state index in [4.69, 9.17) is 0 Å². The van der Waals surface area contributed by atoms with E-state index in [2.05, 4.69) is 19.9 Å². The lowest BCUT2D eigenvalue weighted by atomic mass is 9.81. The van der Waals surface area contributed by atoms with E-state index >= 15 is 0 Å². The Morgan fingerprint density at radius 2 is 2.04 bits per heavy atom. The average molecular weight is 370 g/mol. The van der Waals surface area contributed by atoms with E-state index in [1.807, 2.05) is 13.1 Å². The highest BCUT2D eigenvalue weighted by molar-refractivity contribution is 7.92. The minimum atomic E-state index is -3.42.